The van der Waals surface area contributed by atoms with Crippen molar-refractivity contribution in [3.8, 4) is 5.75 Å². The second-order valence-electron chi connectivity index (χ2n) is 5.71. The minimum atomic E-state index is 0.349. The van der Waals surface area contributed by atoms with Crippen LogP contribution in [0.3, 0.4) is 0 Å². The van der Waals surface area contributed by atoms with Crippen LogP contribution < -0.4 is 4.74 Å². The first-order valence-corrected chi connectivity index (χ1v) is 11.3. The van der Waals surface area contributed by atoms with E-state index in [9.17, 15) is 0 Å². The first-order chi connectivity index (χ1) is 12.1. The fourth-order valence-electron chi connectivity index (χ4n) is 2.84. The van der Waals surface area contributed by atoms with E-state index in [4.69, 9.17) is 4.74 Å². The molecule has 0 heterocycles. The van der Waals surface area contributed by atoms with Crippen LogP contribution in [0, 0.1) is 10.7 Å². The van der Waals surface area contributed by atoms with E-state index in [-0.39, 0.29) is 0 Å². The van der Waals surface area contributed by atoms with E-state index in [0.717, 1.165) is 12.2 Å². The third-order valence-corrected chi connectivity index (χ3v) is 6.25. The topological polar surface area (TPSA) is 9.23 Å². The Morgan fingerprint density at radius 3 is 1.68 bits per heavy atom. The zero-order valence-corrected chi connectivity index (χ0v) is 19.9. The van der Waals surface area contributed by atoms with Crippen LogP contribution in [-0.2, 0) is 0 Å². The van der Waals surface area contributed by atoms with Gasteiger partial charge in [-0.15, -0.1) is 0 Å². The molecule has 0 N–H and O–H groups in total. The highest BCUT2D eigenvalue weighted by atomic mass is 127. The maximum atomic E-state index is 6.18. The van der Waals surface area contributed by atoms with Crippen molar-refractivity contribution in [2.75, 3.05) is 6.61 Å². The van der Waals surface area contributed by atoms with Crippen molar-refractivity contribution < 1.29 is 4.74 Å². The zero-order valence-electron chi connectivity index (χ0n) is 13.5. The van der Waals surface area contributed by atoms with Crippen LogP contribution in [0.4, 0.5) is 0 Å². The largest absolute Gasteiger partial charge is 0.491 e. The van der Waals surface area contributed by atoms with Gasteiger partial charge in [0.05, 0.1) is 13.7 Å². The van der Waals surface area contributed by atoms with E-state index >= 15 is 0 Å². The van der Waals surface area contributed by atoms with Crippen LogP contribution in [0.15, 0.2) is 72.8 Å². The summed E-state index contributed by atoms with van der Waals surface area (Å²) in [5.74, 6) is 1.35. The quantitative estimate of drug-likeness (QED) is 0.255. The average molecular weight is 666 g/mol. The van der Waals surface area contributed by atoms with Crippen molar-refractivity contribution in [2.45, 2.75) is 12.3 Å². The smallest absolute Gasteiger partial charge is 0.145 e. The molecule has 0 aliphatic heterocycles. The Bertz CT molecular complexity index is 757. The number of halogens is 3. The summed E-state index contributed by atoms with van der Waals surface area (Å²) in [4.78, 5) is 0. The van der Waals surface area contributed by atoms with Crippen LogP contribution >= 0.6 is 67.8 Å². The van der Waals surface area contributed by atoms with Gasteiger partial charge in [0.25, 0.3) is 0 Å². The summed E-state index contributed by atoms with van der Waals surface area (Å²) in [6.45, 7) is 0.695. The molecule has 0 atom stereocenters. The summed E-state index contributed by atoms with van der Waals surface area (Å²) in [7, 11) is 0. The average Bonchev–Trinajstić information content (AvgIpc) is 2.62. The Morgan fingerprint density at radius 2 is 1.20 bits per heavy atom. The Morgan fingerprint density at radius 1 is 0.720 bits per heavy atom. The summed E-state index contributed by atoms with van der Waals surface area (Å²) < 4.78 is 9.76. The molecule has 25 heavy (non-hydrogen) atoms. The second-order valence-corrected chi connectivity index (χ2v) is 9.28. The van der Waals surface area contributed by atoms with Gasteiger partial charge in [-0.05, 0) is 97.5 Å². The van der Waals surface area contributed by atoms with Crippen molar-refractivity contribution in [3.05, 3.63) is 94.6 Å². The van der Waals surface area contributed by atoms with Gasteiger partial charge in [-0.1, -0.05) is 60.7 Å². The van der Waals surface area contributed by atoms with Crippen LogP contribution in [0.25, 0.3) is 0 Å². The lowest BCUT2D eigenvalue weighted by Gasteiger charge is -2.19. The lowest BCUT2D eigenvalue weighted by molar-refractivity contribution is 0.299. The molecule has 1 nitrogen and oxygen atoms in total. The molecule has 0 amide bonds. The molecule has 4 heteroatoms. The SMILES string of the molecule is Ic1cc(I)c(OCCC(c2ccccc2)c2ccccc2)c(I)c1. The lowest BCUT2D eigenvalue weighted by atomic mass is 9.89. The minimum absolute atomic E-state index is 0.349. The molecular formula is C21H17I3O. The number of hydrogen-bond donors (Lipinski definition) is 0. The molecule has 0 bridgehead atoms. The Kier molecular flexibility index (Phi) is 7.41. The monoisotopic (exact) mass is 666 g/mol. The first-order valence-electron chi connectivity index (χ1n) is 8.02. The van der Waals surface area contributed by atoms with Crippen LogP contribution in [0.2, 0.25) is 0 Å². The highest BCUT2D eigenvalue weighted by molar-refractivity contribution is 14.1. The second kappa shape index (κ2) is 9.55. The summed E-state index contributed by atoms with van der Waals surface area (Å²) >= 11 is 7.06. The van der Waals surface area contributed by atoms with Gasteiger partial charge < -0.3 is 4.74 Å². The molecule has 0 aliphatic carbocycles. The molecule has 3 aromatic rings. The minimum Gasteiger partial charge on any atom is -0.491 e. The van der Waals surface area contributed by atoms with E-state index in [1.807, 2.05) is 0 Å². The molecule has 0 spiro atoms. The van der Waals surface area contributed by atoms with Gasteiger partial charge >= 0.3 is 0 Å². The summed E-state index contributed by atoms with van der Waals surface area (Å²) in [5.41, 5.74) is 2.67. The number of rotatable bonds is 6. The molecule has 0 aliphatic rings. The predicted molar refractivity (Wildman–Crippen MR) is 129 cm³/mol. The van der Waals surface area contributed by atoms with Crippen molar-refractivity contribution in [3.63, 3.8) is 0 Å². The highest BCUT2D eigenvalue weighted by Gasteiger charge is 2.15. The Balaban J connectivity index is 1.76. The van der Waals surface area contributed by atoms with Crippen molar-refractivity contribution in [1.29, 1.82) is 0 Å². The number of benzene rings is 3. The van der Waals surface area contributed by atoms with Crippen molar-refractivity contribution >= 4 is 67.8 Å². The zero-order chi connectivity index (χ0) is 17.6. The van der Waals surface area contributed by atoms with Crippen LogP contribution in [0.1, 0.15) is 23.5 Å². The van der Waals surface area contributed by atoms with E-state index in [1.54, 1.807) is 0 Å². The van der Waals surface area contributed by atoms with Gasteiger partial charge in [-0.2, -0.15) is 0 Å². The fraction of sp³-hybridized carbons (Fsp3) is 0.143. The van der Waals surface area contributed by atoms with E-state index in [2.05, 4.69) is 141 Å². The van der Waals surface area contributed by atoms with Gasteiger partial charge in [0, 0.05) is 9.49 Å². The van der Waals surface area contributed by atoms with Crippen LogP contribution in [-0.4, -0.2) is 6.61 Å². The molecule has 0 aromatic heterocycles. The third-order valence-electron chi connectivity index (χ3n) is 4.02. The lowest BCUT2D eigenvalue weighted by Crippen LogP contribution is -2.09. The molecule has 3 rings (SSSR count). The third kappa shape index (κ3) is 5.32. The molecule has 0 fully saturated rings. The fourth-order valence-corrected chi connectivity index (χ4v) is 6.74. The van der Waals surface area contributed by atoms with E-state index in [0.29, 0.717) is 12.5 Å². The molecule has 0 saturated heterocycles. The number of ether oxygens (including phenoxy) is 1. The molecule has 0 radical (unpaired) electrons. The van der Waals surface area contributed by atoms with Gasteiger partial charge in [-0.25, -0.2) is 0 Å². The van der Waals surface area contributed by atoms with Gasteiger partial charge in [0.1, 0.15) is 5.75 Å². The van der Waals surface area contributed by atoms with Gasteiger partial charge in [0.2, 0.25) is 0 Å². The van der Waals surface area contributed by atoms with E-state index < -0.39 is 0 Å². The summed E-state index contributed by atoms with van der Waals surface area (Å²) in [6.07, 6.45) is 0.951. The standard InChI is InChI=1S/C21H17I3O/c22-17-13-19(23)21(20(24)14-17)25-12-11-18(15-7-3-1-4-8-15)16-9-5-2-6-10-16/h1-10,13-14,18H,11-12H2. The Labute approximate surface area is 190 Å². The maximum absolute atomic E-state index is 6.18. The maximum Gasteiger partial charge on any atom is 0.145 e. The van der Waals surface area contributed by atoms with Crippen molar-refractivity contribution in [2.24, 2.45) is 0 Å². The highest BCUT2D eigenvalue weighted by Crippen LogP contribution is 2.32. The van der Waals surface area contributed by atoms with Gasteiger partial charge in [0.15, 0.2) is 0 Å². The molecule has 0 saturated carbocycles. The summed E-state index contributed by atoms with van der Waals surface area (Å²) in [6, 6.07) is 25.7. The van der Waals surface area contributed by atoms with Crippen molar-refractivity contribution in [1.82, 2.24) is 0 Å². The molecule has 3 aromatic carbocycles. The van der Waals surface area contributed by atoms with E-state index in [1.165, 1.54) is 21.8 Å². The first kappa shape index (κ1) is 19.4. The normalized spacial score (nSPS) is 10.9. The van der Waals surface area contributed by atoms with Gasteiger partial charge in [-0.3, -0.25) is 0 Å². The predicted octanol–water partition coefficient (Wildman–Crippen LogP) is 7.10. The molecular weight excluding hydrogens is 649 g/mol. The van der Waals surface area contributed by atoms with Crippen LogP contribution in [0.5, 0.6) is 5.75 Å². The summed E-state index contributed by atoms with van der Waals surface area (Å²) in [5, 5.41) is 0. The molecule has 128 valence electrons. The Hall–Kier alpha value is -0.350. The number of hydrogen-bond acceptors (Lipinski definition) is 1. The molecule has 0 unspecified atom stereocenters.